The van der Waals surface area contributed by atoms with Crippen LogP contribution in [-0.4, -0.2) is 46.5 Å². The van der Waals surface area contributed by atoms with Crippen LogP contribution in [0.5, 0.6) is 0 Å². The Labute approximate surface area is 148 Å². The summed E-state index contributed by atoms with van der Waals surface area (Å²) in [6, 6.07) is 11.2. The predicted molar refractivity (Wildman–Crippen MR) is 95.1 cm³/mol. The Bertz CT molecular complexity index is 747. The number of benzene rings is 1. The molecule has 4 rings (SSSR count). The molecule has 0 radical (unpaired) electrons. The highest BCUT2D eigenvalue weighted by atomic mass is 16.5. The summed E-state index contributed by atoms with van der Waals surface area (Å²) in [7, 11) is 0. The average Bonchev–Trinajstić information content (AvgIpc) is 3.06. The highest BCUT2D eigenvalue weighted by Gasteiger charge is 2.29. The summed E-state index contributed by atoms with van der Waals surface area (Å²) in [5, 5.41) is 3.85. The summed E-state index contributed by atoms with van der Waals surface area (Å²) in [6.07, 6.45) is 3.58. The van der Waals surface area contributed by atoms with Crippen LogP contribution in [0.25, 0.3) is 0 Å². The number of fused-ring (bicyclic) bond motifs is 1. The first-order valence-corrected chi connectivity index (χ1v) is 9.20. The van der Waals surface area contributed by atoms with Gasteiger partial charge in [0, 0.05) is 38.3 Å². The molecular formula is C20H25N3O2. The van der Waals surface area contributed by atoms with Crippen molar-refractivity contribution in [2.24, 2.45) is 0 Å². The van der Waals surface area contributed by atoms with E-state index in [0.29, 0.717) is 18.2 Å². The number of amides is 1. The Kier molecular flexibility index (Phi) is 4.57. The molecule has 1 amide bonds. The van der Waals surface area contributed by atoms with E-state index in [9.17, 15) is 4.79 Å². The molecule has 0 atom stereocenters. The van der Waals surface area contributed by atoms with Crippen LogP contribution in [0.1, 0.15) is 35.4 Å². The van der Waals surface area contributed by atoms with E-state index < -0.39 is 0 Å². The van der Waals surface area contributed by atoms with Gasteiger partial charge in [-0.05, 0) is 37.3 Å². The lowest BCUT2D eigenvalue weighted by atomic mass is 9.95. The highest BCUT2D eigenvalue weighted by molar-refractivity contribution is 5.78. The molecule has 5 heteroatoms. The molecule has 1 aromatic heterocycles. The van der Waals surface area contributed by atoms with Gasteiger partial charge in [-0.2, -0.15) is 0 Å². The van der Waals surface area contributed by atoms with Crippen molar-refractivity contribution in [1.82, 2.24) is 15.0 Å². The van der Waals surface area contributed by atoms with Gasteiger partial charge in [-0.3, -0.25) is 9.69 Å². The number of carbonyl (C=O) groups excluding carboxylic acids is 1. The molecule has 5 nitrogen and oxygen atoms in total. The zero-order chi connectivity index (χ0) is 17.2. The normalized spacial score (nSPS) is 19.0. The molecule has 25 heavy (non-hydrogen) atoms. The first-order valence-electron chi connectivity index (χ1n) is 9.20. The number of rotatable bonds is 3. The minimum absolute atomic E-state index is 0.151. The Morgan fingerprint density at radius 2 is 1.96 bits per heavy atom. The van der Waals surface area contributed by atoms with E-state index in [-0.39, 0.29) is 5.91 Å². The number of aromatic nitrogens is 1. The van der Waals surface area contributed by atoms with Crippen molar-refractivity contribution in [1.29, 1.82) is 0 Å². The Balaban J connectivity index is 1.30. The minimum atomic E-state index is 0.151. The third-order valence-corrected chi connectivity index (χ3v) is 5.50. The molecule has 2 aromatic rings. The van der Waals surface area contributed by atoms with Crippen LogP contribution in [0.2, 0.25) is 0 Å². The Morgan fingerprint density at radius 1 is 1.20 bits per heavy atom. The Hall–Kier alpha value is -2.14. The minimum Gasteiger partial charge on any atom is -0.361 e. The zero-order valence-electron chi connectivity index (χ0n) is 14.8. The summed E-state index contributed by atoms with van der Waals surface area (Å²) in [4.78, 5) is 17.0. The quantitative estimate of drug-likeness (QED) is 0.862. The van der Waals surface area contributed by atoms with Crippen molar-refractivity contribution in [3.8, 4) is 0 Å². The largest absolute Gasteiger partial charge is 0.361 e. The van der Waals surface area contributed by atoms with Crippen LogP contribution in [0.4, 0.5) is 0 Å². The maximum absolute atomic E-state index is 12.4. The molecule has 2 aliphatic rings. The fourth-order valence-electron chi connectivity index (χ4n) is 4.07. The summed E-state index contributed by atoms with van der Waals surface area (Å²) in [6.45, 7) is 5.74. The van der Waals surface area contributed by atoms with Crippen molar-refractivity contribution < 1.29 is 9.32 Å². The molecule has 0 saturated carbocycles. The Morgan fingerprint density at radius 3 is 2.68 bits per heavy atom. The van der Waals surface area contributed by atoms with Gasteiger partial charge in [-0.15, -0.1) is 0 Å². The van der Waals surface area contributed by atoms with E-state index in [1.807, 2.05) is 17.9 Å². The number of hydrogen-bond donors (Lipinski definition) is 0. The van der Waals surface area contributed by atoms with Gasteiger partial charge in [0.25, 0.3) is 0 Å². The van der Waals surface area contributed by atoms with Crippen molar-refractivity contribution in [3.05, 3.63) is 52.9 Å². The standard InChI is InChI=1S/C20H25N3O2/c1-15-12-19(25-21-15)13-20(24)22-10-7-18(8-11-22)23-9-6-16-4-2-3-5-17(16)14-23/h2-5,12,18H,6-11,13-14H2,1H3. The third-order valence-electron chi connectivity index (χ3n) is 5.50. The summed E-state index contributed by atoms with van der Waals surface area (Å²) in [5.41, 5.74) is 3.79. The molecule has 2 aliphatic heterocycles. The lowest BCUT2D eigenvalue weighted by Crippen LogP contribution is -2.48. The average molecular weight is 339 g/mol. The second-order valence-electron chi connectivity index (χ2n) is 7.21. The van der Waals surface area contributed by atoms with Gasteiger partial charge in [-0.1, -0.05) is 29.4 Å². The van der Waals surface area contributed by atoms with Crippen LogP contribution >= 0.6 is 0 Å². The van der Waals surface area contributed by atoms with Gasteiger partial charge < -0.3 is 9.42 Å². The summed E-state index contributed by atoms with van der Waals surface area (Å²) < 4.78 is 5.17. The molecule has 132 valence electrons. The maximum atomic E-state index is 12.4. The SMILES string of the molecule is Cc1cc(CC(=O)N2CCC(N3CCc4ccccc4C3)CC2)on1. The van der Waals surface area contributed by atoms with E-state index >= 15 is 0 Å². The van der Waals surface area contributed by atoms with E-state index in [1.54, 1.807) is 0 Å². The van der Waals surface area contributed by atoms with Crippen molar-refractivity contribution in [3.63, 3.8) is 0 Å². The van der Waals surface area contributed by atoms with Gasteiger partial charge in [-0.25, -0.2) is 0 Å². The maximum Gasteiger partial charge on any atom is 0.230 e. The number of piperidine rings is 1. The van der Waals surface area contributed by atoms with E-state index in [2.05, 4.69) is 34.3 Å². The van der Waals surface area contributed by atoms with Crippen LogP contribution in [0.15, 0.2) is 34.9 Å². The smallest absolute Gasteiger partial charge is 0.230 e. The second kappa shape index (κ2) is 7.00. The second-order valence-corrected chi connectivity index (χ2v) is 7.21. The molecule has 0 unspecified atom stereocenters. The van der Waals surface area contributed by atoms with Crippen LogP contribution in [-0.2, 0) is 24.2 Å². The van der Waals surface area contributed by atoms with E-state index in [4.69, 9.17) is 4.52 Å². The van der Waals surface area contributed by atoms with Crippen molar-refractivity contribution >= 4 is 5.91 Å². The molecule has 0 bridgehead atoms. The number of aryl methyl sites for hydroxylation is 1. The molecule has 0 N–H and O–H groups in total. The molecule has 1 aromatic carbocycles. The zero-order valence-corrected chi connectivity index (χ0v) is 14.8. The van der Waals surface area contributed by atoms with E-state index in [1.165, 1.54) is 11.1 Å². The molecule has 1 saturated heterocycles. The lowest BCUT2D eigenvalue weighted by Gasteiger charge is -2.40. The number of carbonyl (C=O) groups is 1. The molecule has 1 fully saturated rings. The number of likely N-dealkylation sites (tertiary alicyclic amines) is 1. The van der Waals surface area contributed by atoms with Gasteiger partial charge in [0.1, 0.15) is 5.76 Å². The molecular weight excluding hydrogens is 314 g/mol. The number of hydrogen-bond acceptors (Lipinski definition) is 4. The fourth-order valence-corrected chi connectivity index (χ4v) is 4.07. The molecule has 3 heterocycles. The fraction of sp³-hybridized carbons (Fsp3) is 0.500. The van der Waals surface area contributed by atoms with Crippen LogP contribution in [0.3, 0.4) is 0 Å². The third kappa shape index (κ3) is 3.61. The lowest BCUT2D eigenvalue weighted by molar-refractivity contribution is -0.132. The van der Waals surface area contributed by atoms with Gasteiger partial charge in [0.15, 0.2) is 0 Å². The van der Waals surface area contributed by atoms with E-state index in [0.717, 1.165) is 51.1 Å². The highest BCUT2D eigenvalue weighted by Crippen LogP contribution is 2.25. The summed E-state index contributed by atoms with van der Waals surface area (Å²) >= 11 is 0. The first kappa shape index (κ1) is 16.3. The predicted octanol–water partition coefficient (Wildman–Crippen LogP) is 2.57. The van der Waals surface area contributed by atoms with Gasteiger partial charge >= 0.3 is 0 Å². The summed E-state index contributed by atoms with van der Waals surface area (Å²) in [5.74, 6) is 0.816. The number of nitrogens with zero attached hydrogens (tertiary/aromatic N) is 3. The van der Waals surface area contributed by atoms with Crippen molar-refractivity contribution in [2.75, 3.05) is 19.6 Å². The molecule has 0 spiro atoms. The van der Waals surface area contributed by atoms with Crippen molar-refractivity contribution in [2.45, 2.75) is 45.2 Å². The topological polar surface area (TPSA) is 49.6 Å². The van der Waals surface area contributed by atoms with Gasteiger partial charge in [0.05, 0.1) is 12.1 Å². The first-order chi connectivity index (χ1) is 12.2. The van der Waals surface area contributed by atoms with Gasteiger partial charge in [0.2, 0.25) is 5.91 Å². The monoisotopic (exact) mass is 339 g/mol. The van der Waals surface area contributed by atoms with Crippen LogP contribution < -0.4 is 0 Å². The van der Waals surface area contributed by atoms with Crippen LogP contribution in [0, 0.1) is 6.92 Å². The molecule has 0 aliphatic carbocycles.